The van der Waals surface area contributed by atoms with Crippen molar-refractivity contribution in [1.29, 1.82) is 5.26 Å². The normalized spacial score (nSPS) is 22.6. The Morgan fingerprint density at radius 3 is 2.53 bits per heavy atom. The van der Waals surface area contributed by atoms with Gasteiger partial charge in [0, 0.05) is 32.1 Å². The standard InChI is InChI=1S/C10H17N3O3S/c11-4-1-5-13(10-2-3-10)17(14,15)12-6-8-16-9-7-12/h10H,1-3,5-9H2. The molecule has 1 saturated heterocycles. The first-order valence-electron chi connectivity index (χ1n) is 5.88. The van der Waals surface area contributed by atoms with Gasteiger partial charge >= 0.3 is 0 Å². The van der Waals surface area contributed by atoms with E-state index in [1.165, 1.54) is 8.61 Å². The summed E-state index contributed by atoms with van der Waals surface area (Å²) in [5.74, 6) is 0. The number of morpholine rings is 1. The molecule has 0 unspecified atom stereocenters. The Kier molecular flexibility index (Phi) is 3.99. The van der Waals surface area contributed by atoms with E-state index in [0.717, 1.165) is 12.8 Å². The minimum absolute atomic E-state index is 0.108. The van der Waals surface area contributed by atoms with Crippen LogP contribution in [0.1, 0.15) is 19.3 Å². The Morgan fingerprint density at radius 1 is 1.35 bits per heavy atom. The van der Waals surface area contributed by atoms with Crippen molar-refractivity contribution in [3.05, 3.63) is 0 Å². The second-order valence-electron chi connectivity index (χ2n) is 4.27. The van der Waals surface area contributed by atoms with Crippen molar-refractivity contribution in [2.24, 2.45) is 0 Å². The lowest BCUT2D eigenvalue weighted by Gasteiger charge is -2.31. The number of hydrogen-bond acceptors (Lipinski definition) is 4. The zero-order valence-corrected chi connectivity index (χ0v) is 10.5. The van der Waals surface area contributed by atoms with E-state index in [9.17, 15) is 8.42 Å². The highest BCUT2D eigenvalue weighted by Gasteiger charge is 2.40. The van der Waals surface area contributed by atoms with Crippen molar-refractivity contribution < 1.29 is 13.2 Å². The third-order valence-corrected chi connectivity index (χ3v) is 5.08. The number of hydrogen-bond donors (Lipinski definition) is 0. The Morgan fingerprint density at radius 2 is 2.00 bits per heavy atom. The van der Waals surface area contributed by atoms with E-state index in [0.29, 0.717) is 32.8 Å². The first-order chi connectivity index (χ1) is 8.16. The third-order valence-electron chi connectivity index (χ3n) is 2.99. The summed E-state index contributed by atoms with van der Waals surface area (Å²) in [5.41, 5.74) is 0. The molecule has 6 nitrogen and oxygen atoms in total. The Bertz CT molecular complexity index is 394. The maximum absolute atomic E-state index is 12.4. The summed E-state index contributed by atoms with van der Waals surface area (Å²) in [6.45, 7) is 2.04. The zero-order chi connectivity index (χ0) is 12.3. The van der Waals surface area contributed by atoms with Crippen molar-refractivity contribution in [2.45, 2.75) is 25.3 Å². The van der Waals surface area contributed by atoms with Crippen LogP contribution in [0.5, 0.6) is 0 Å². The van der Waals surface area contributed by atoms with E-state index in [1.807, 2.05) is 6.07 Å². The van der Waals surface area contributed by atoms with Gasteiger partial charge in [-0.1, -0.05) is 0 Å². The van der Waals surface area contributed by atoms with Gasteiger partial charge < -0.3 is 4.74 Å². The molecule has 0 spiro atoms. The second-order valence-corrected chi connectivity index (χ2v) is 6.15. The van der Waals surface area contributed by atoms with Gasteiger partial charge in [0.25, 0.3) is 10.2 Å². The summed E-state index contributed by atoms with van der Waals surface area (Å²) in [6.07, 6.45) is 2.07. The lowest BCUT2D eigenvalue weighted by molar-refractivity contribution is 0.0700. The van der Waals surface area contributed by atoms with Gasteiger partial charge in [0.1, 0.15) is 0 Å². The van der Waals surface area contributed by atoms with Gasteiger partial charge in [-0.15, -0.1) is 0 Å². The lowest BCUT2D eigenvalue weighted by atomic mass is 10.4. The molecule has 1 saturated carbocycles. The smallest absolute Gasteiger partial charge is 0.282 e. The van der Waals surface area contributed by atoms with Gasteiger partial charge in [0.05, 0.1) is 19.3 Å². The van der Waals surface area contributed by atoms with Crippen molar-refractivity contribution in [2.75, 3.05) is 32.8 Å². The summed E-state index contributed by atoms with van der Waals surface area (Å²) in [5, 5.41) is 8.59. The quantitative estimate of drug-likeness (QED) is 0.693. The molecule has 0 aromatic carbocycles. The molecule has 0 amide bonds. The summed E-state index contributed by atoms with van der Waals surface area (Å²) >= 11 is 0. The molecule has 0 radical (unpaired) electrons. The molecule has 1 aliphatic heterocycles. The van der Waals surface area contributed by atoms with Crippen molar-refractivity contribution in [1.82, 2.24) is 8.61 Å². The van der Waals surface area contributed by atoms with Crippen molar-refractivity contribution in [3.8, 4) is 6.07 Å². The molecular formula is C10H17N3O3S. The first kappa shape index (κ1) is 12.8. The van der Waals surface area contributed by atoms with Gasteiger partial charge in [-0.3, -0.25) is 0 Å². The molecule has 0 N–H and O–H groups in total. The fourth-order valence-corrected chi connectivity index (χ4v) is 3.75. The Balaban J connectivity index is 2.07. The van der Waals surface area contributed by atoms with Crippen LogP contribution < -0.4 is 0 Å². The largest absolute Gasteiger partial charge is 0.379 e. The number of nitrogens with zero attached hydrogens (tertiary/aromatic N) is 3. The predicted molar refractivity (Wildman–Crippen MR) is 61.3 cm³/mol. The van der Waals surface area contributed by atoms with Gasteiger partial charge in [0.2, 0.25) is 0 Å². The number of rotatable bonds is 5. The van der Waals surface area contributed by atoms with E-state index in [4.69, 9.17) is 10.00 Å². The molecule has 7 heteroatoms. The average Bonchev–Trinajstić information content (AvgIpc) is 3.15. The fourth-order valence-electron chi connectivity index (χ4n) is 1.93. The van der Waals surface area contributed by atoms with Gasteiger partial charge in [-0.2, -0.15) is 22.3 Å². The summed E-state index contributed by atoms with van der Waals surface area (Å²) in [6, 6.07) is 2.11. The molecule has 0 bridgehead atoms. The minimum Gasteiger partial charge on any atom is -0.379 e. The van der Waals surface area contributed by atoms with E-state index < -0.39 is 10.2 Å². The van der Waals surface area contributed by atoms with Gasteiger partial charge in [-0.25, -0.2) is 0 Å². The van der Waals surface area contributed by atoms with Crippen LogP contribution in [0.25, 0.3) is 0 Å². The molecule has 2 aliphatic rings. The van der Waals surface area contributed by atoms with Crippen LogP contribution >= 0.6 is 0 Å². The number of ether oxygens (including phenoxy) is 1. The minimum atomic E-state index is -3.40. The maximum atomic E-state index is 12.4. The van der Waals surface area contributed by atoms with Crippen LogP contribution in [0.15, 0.2) is 0 Å². The van der Waals surface area contributed by atoms with Crippen LogP contribution in [0, 0.1) is 11.3 Å². The summed E-state index contributed by atoms with van der Waals surface area (Å²) in [7, 11) is -3.40. The third kappa shape index (κ3) is 2.96. The second kappa shape index (κ2) is 5.31. The fraction of sp³-hybridized carbons (Fsp3) is 0.900. The van der Waals surface area contributed by atoms with Crippen LogP contribution in [0.2, 0.25) is 0 Å². The van der Waals surface area contributed by atoms with E-state index >= 15 is 0 Å². The molecule has 2 fully saturated rings. The molecule has 17 heavy (non-hydrogen) atoms. The molecule has 96 valence electrons. The predicted octanol–water partition coefficient (Wildman–Crippen LogP) is -0.0585. The molecule has 1 aliphatic carbocycles. The Labute approximate surface area is 102 Å². The van der Waals surface area contributed by atoms with Crippen molar-refractivity contribution in [3.63, 3.8) is 0 Å². The van der Waals surface area contributed by atoms with Crippen LogP contribution in [-0.4, -0.2) is 55.9 Å². The van der Waals surface area contributed by atoms with Crippen LogP contribution in [0.3, 0.4) is 0 Å². The molecular weight excluding hydrogens is 242 g/mol. The highest BCUT2D eigenvalue weighted by Crippen LogP contribution is 2.30. The summed E-state index contributed by atoms with van der Waals surface area (Å²) in [4.78, 5) is 0. The maximum Gasteiger partial charge on any atom is 0.282 e. The van der Waals surface area contributed by atoms with E-state index in [1.54, 1.807) is 0 Å². The summed E-state index contributed by atoms with van der Waals surface area (Å²) < 4.78 is 32.8. The Hall–Kier alpha value is -0.680. The highest BCUT2D eigenvalue weighted by molar-refractivity contribution is 7.86. The van der Waals surface area contributed by atoms with Gasteiger partial charge in [0.15, 0.2) is 0 Å². The monoisotopic (exact) mass is 259 g/mol. The van der Waals surface area contributed by atoms with Crippen molar-refractivity contribution >= 4 is 10.2 Å². The molecule has 0 aromatic rings. The van der Waals surface area contributed by atoms with E-state index in [-0.39, 0.29) is 12.5 Å². The van der Waals surface area contributed by atoms with Crippen LogP contribution in [-0.2, 0) is 14.9 Å². The lowest BCUT2D eigenvalue weighted by Crippen LogP contribution is -2.49. The number of nitriles is 1. The average molecular weight is 259 g/mol. The molecule has 1 heterocycles. The molecule has 0 aromatic heterocycles. The van der Waals surface area contributed by atoms with E-state index in [2.05, 4.69) is 0 Å². The van der Waals surface area contributed by atoms with Gasteiger partial charge in [-0.05, 0) is 12.8 Å². The first-order valence-corrected chi connectivity index (χ1v) is 7.27. The van der Waals surface area contributed by atoms with Crippen LogP contribution in [0.4, 0.5) is 0 Å². The molecule has 2 rings (SSSR count). The zero-order valence-electron chi connectivity index (χ0n) is 9.71. The highest BCUT2D eigenvalue weighted by atomic mass is 32.2. The topological polar surface area (TPSA) is 73.6 Å². The molecule has 0 atom stereocenters. The SMILES string of the molecule is N#CCCN(C1CC1)S(=O)(=O)N1CCOCC1.